The maximum Gasteiger partial charge on any atom is 0.174 e. The van der Waals surface area contributed by atoms with E-state index >= 15 is 0 Å². The molecule has 14 heavy (non-hydrogen) atoms. The Morgan fingerprint density at radius 3 is 3.00 bits per heavy atom. The number of nitrogens with one attached hydrogen (secondary N) is 1. The predicted molar refractivity (Wildman–Crippen MR) is 58.2 cm³/mol. The number of hydrogen-bond donors (Lipinski definition) is 1. The van der Waals surface area contributed by atoms with Crippen LogP contribution in [0.25, 0.3) is 0 Å². The summed E-state index contributed by atoms with van der Waals surface area (Å²) in [6.45, 7) is 0. The Morgan fingerprint density at radius 1 is 1.43 bits per heavy atom. The number of rotatable bonds is 4. The zero-order valence-corrected chi connectivity index (χ0v) is 9.81. The minimum absolute atomic E-state index is 0.792. The first-order chi connectivity index (χ1) is 6.84. The van der Waals surface area contributed by atoms with Crippen molar-refractivity contribution in [3.8, 4) is 0 Å². The molecule has 1 N–H and O–H groups in total. The van der Waals surface area contributed by atoms with Gasteiger partial charge in [0.2, 0.25) is 0 Å². The van der Waals surface area contributed by atoms with Crippen LogP contribution in [0.4, 0.5) is 0 Å². The first-order valence-electron chi connectivity index (χ1n) is 4.30. The van der Waals surface area contributed by atoms with Gasteiger partial charge in [-0.1, -0.05) is 5.21 Å². The lowest BCUT2D eigenvalue weighted by Crippen LogP contribution is -1.90. The highest BCUT2D eigenvalue weighted by atomic mass is 79.9. The highest BCUT2D eigenvalue weighted by molar-refractivity contribution is 9.10. The fourth-order valence-electron chi connectivity index (χ4n) is 1.19. The number of thiophene rings is 1. The Labute approximate surface area is 93.9 Å². The monoisotopic (exact) mass is 272 g/mol. The minimum Gasteiger partial charge on any atom is -0.177 e. The number of aromatic amines is 1. The number of H-pyrrole nitrogens is 1. The van der Waals surface area contributed by atoms with Crippen molar-refractivity contribution >= 4 is 27.3 Å². The maximum absolute atomic E-state index is 3.90. The van der Waals surface area contributed by atoms with E-state index in [1.165, 1.54) is 4.88 Å². The molecule has 0 saturated carbocycles. The molecular formula is C8H9BrN4S. The number of tetrazole rings is 1. The van der Waals surface area contributed by atoms with E-state index in [1.54, 1.807) is 11.3 Å². The Balaban J connectivity index is 1.78. The average Bonchev–Trinajstić information content (AvgIpc) is 2.77. The van der Waals surface area contributed by atoms with E-state index in [9.17, 15) is 0 Å². The summed E-state index contributed by atoms with van der Waals surface area (Å²) in [5.74, 6) is 0.792. The zero-order valence-electron chi connectivity index (χ0n) is 7.40. The summed E-state index contributed by atoms with van der Waals surface area (Å²) in [7, 11) is 0. The third kappa shape index (κ3) is 2.62. The highest BCUT2D eigenvalue weighted by Crippen LogP contribution is 2.21. The molecule has 0 spiro atoms. The van der Waals surface area contributed by atoms with Crippen molar-refractivity contribution in [1.82, 2.24) is 20.6 Å². The van der Waals surface area contributed by atoms with Crippen molar-refractivity contribution in [2.24, 2.45) is 0 Å². The summed E-state index contributed by atoms with van der Waals surface area (Å²) < 4.78 is 1.16. The first-order valence-corrected chi connectivity index (χ1v) is 5.97. The summed E-state index contributed by atoms with van der Waals surface area (Å²) in [4.78, 5) is 1.39. The van der Waals surface area contributed by atoms with Crippen molar-refractivity contribution in [2.45, 2.75) is 19.3 Å². The summed E-state index contributed by atoms with van der Waals surface area (Å²) in [5, 5.41) is 15.9. The maximum atomic E-state index is 3.90. The van der Waals surface area contributed by atoms with Crippen LogP contribution in [0.1, 0.15) is 17.1 Å². The minimum atomic E-state index is 0.792. The van der Waals surface area contributed by atoms with E-state index in [4.69, 9.17) is 0 Å². The second kappa shape index (κ2) is 4.65. The second-order valence-electron chi connectivity index (χ2n) is 2.91. The van der Waals surface area contributed by atoms with Gasteiger partial charge in [0.1, 0.15) is 0 Å². The lowest BCUT2D eigenvalue weighted by Gasteiger charge is -1.93. The molecule has 0 bridgehead atoms. The smallest absolute Gasteiger partial charge is 0.174 e. The molecule has 0 amide bonds. The number of halogens is 1. The van der Waals surface area contributed by atoms with E-state index in [1.807, 2.05) is 0 Å². The Bertz CT molecular complexity index is 384. The van der Waals surface area contributed by atoms with Gasteiger partial charge in [-0.25, -0.2) is 0 Å². The van der Waals surface area contributed by atoms with E-state index < -0.39 is 0 Å². The quantitative estimate of drug-likeness (QED) is 0.929. The molecule has 0 aliphatic carbocycles. The van der Waals surface area contributed by atoms with Crippen LogP contribution in [-0.2, 0) is 12.8 Å². The van der Waals surface area contributed by atoms with Crippen molar-refractivity contribution in [3.05, 3.63) is 26.6 Å². The van der Waals surface area contributed by atoms with Crippen molar-refractivity contribution in [2.75, 3.05) is 0 Å². The molecule has 0 aliphatic heterocycles. The van der Waals surface area contributed by atoms with E-state index in [0.717, 1.165) is 29.6 Å². The normalized spacial score (nSPS) is 10.6. The van der Waals surface area contributed by atoms with Crippen LogP contribution in [-0.4, -0.2) is 20.6 Å². The molecule has 0 saturated heterocycles. The van der Waals surface area contributed by atoms with Crippen molar-refractivity contribution < 1.29 is 0 Å². The van der Waals surface area contributed by atoms with E-state index in [2.05, 4.69) is 48.0 Å². The molecule has 0 aliphatic rings. The molecule has 4 nitrogen and oxygen atoms in total. The number of aryl methyl sites for hydroxylation is 2. The van der Waals surface area contributed by atoms with Crippen molar-refractivity contribution in [3.63, 3.8) is 0 Å². The van der Waals surface area contributed by atoms with Crippen LogP contribution >= 0.6 is 27.3 Å². The Kier molecular flexibility index (Phi) is 3.26. The summed E-state index contributed by atoms with van der Waals surface area (Å²) >= 11 is 5.21. The highest BCUT2D eigenvalue weighted by Gasteiger charge is 2.00. The molecular weight excluding hydrogens is 264 g/mol. The van der Waals surface area contributed by atoms with Gasteiger partial charge >= 0.3 is 0 Å². The SMILES string of the molecule is Brc1csc(CCCc2nn[nH]n2)c1. The van der Waals surface area contributed by atoms with E-state index in [-0.39, 0.29) is 0 Å². The first kappa shape index (κ1) is 9.79. The lowest BCUT2D eigenvalue weighted by molar-refractivity contribution is 0.780. The van der Waals surface area contributed by atoms with Gasteiger partial charge in [-0.05, 0) is 34.8 Å². The van der Waals surface area contributed by atoms with Gasteiger partial charge in [-0.3, -0.25) is 0 Å². The Hall–Kier alpha value is -0.750. The molecule has 2 aromatic rings. The van der Waals surface area contributed by atoms with Crippen LogP contribution in [0.3, 0.4) is 0 Å². The van der Waals surface area contributed by atoms with Gasteiger partial charge in [0, 0.05) is 21.2 Å². The van der Waals surface area contributed by atoms with Crippen LogP contribution in [0.2, 0.25) is 0 Å². The molecule has 2 aromatic heterocycles. The van der Waals surface area contributed by atoms with Crippen LogP contribution in [0.15, 0.2) is 15.9 Å². The fraction of sp³-hybridized carbons (Fsp3) is 0.375. The summed E-state index contributed by atoms with van der Waals surface area (Å²) in [5.41, 5.74) is 0. The third-order valence-corrected chi connectivity index (χ3v) is 3.59. The second-order valence-corrected chi connectivity index (χ2v) is 4.82. The molecule has 2 heterocycles. The van der Waals surface area contributed by atoms with Gasteiger partial charge in [-0.2, -0.15) is 5.21 Å². The number of nitrogens with zero attached hydrogens (tertiary/aromatic N) is 3. The number of aromatic nitrogens is 4. The fourth-order valence-corrected chi connectivity index (χ4v) is 2.69. The van der Waals surface area contributed by atoms with Crippen LogP contribution < -0.4 is 0 Å². The molecule has 0 radical (unpaired) electrons. The molecule has 0 atom stereocenters. The summed E-state index contributed by atoms with van der Waals surface area (Å²) in [6, 6.07) is 2.15. The largest absolute Gasteiger partial charge is 0.177 e. The van der Waals surface area contributed by atoms with Gasteiger partial charge in [-0.15, -0.1) is 21.5 Å². The predicted octanol–water partition coefficient (Wildman–Crippen LogP) is 2.20. The van der Waals surface area contributed by atoms with Gasteiger partial charge < -0.3 is 0 Å². The topological polar surface area (TPSA) is 54.5 Å². The third-order valence-electron chi connectivity index (χ3n) is 1.83. The molecule has 74 valence electrons. The van der Waals surface area contributed by atoms with Gasteiger partial charge in [0.25, 0.3) is 0 Å². The Morgan fingerprint density at radius 2 is 2.36 bits per heavy atom. The molecule has 2 rings (SSSR count). The molecule has 0 fully saturated rings. The van der Waals surface area contributed by atoms with Crippen LogP contribution in [0.5, 0.6) is 0 Å². The number of hydrogen-bond acceptors (Lipinski definition) is 4. The van der Waals surface area contributed by atoms with E-state index in [0.29, 0.717) is 0 Å². The van der Waals surface area contributed by atoms with Crippen LogP contribution in [0, 0.1) is 0 Å². The molecule has 0 unspecified atom stereocenters. The van der Waals surface area contributed by atoms with Gasteiger partial charge in [0.15, 0.2) is 5.82 Å². The standard InChI is InChI=1S/C8H9BrN4S/c9-6-4-7(14-5-6)2-1-3-8-10-12-13-11-8/h4-5H,1-3H2,(H,10,11,12,13). The average molecular weight is 273 g/mol. The molecule has 0 aromatic carbocycles. The van der Waals surface area contributed by atoms with Crippen molar-refractivity contribution in [1.29, 1.82) is 0 Å². The molecule has 6 heteroatoms. The summed E-state index contributed by atoms with van der Waals surface area (Å²) in [6.07, 6.45) is 3.02. The lowest BCUT2D eigenvalue weighted by atomic mass is 10.2. The van der Waals surface area contributed by atoms with Gasteiger partial charge in [0.05, 0.1) is 0 Å². The zero-order chi connectivity index (χ0) is 9.80.